The van der Waals surface area contributed by atoms with Gasteiger partial charge >= 0.3 is 0 Å². The van der Waals surface area contributed by atoms with Crippen molar-refractivity contribution in [3.8, 4) is 0 Å². The molecule has 3 heterocycles. The summed E-state index contributed by atoms with van der Waals surface area (Å²) in [6.45, 7) is 2.72. The summed E-state index contributed by atoms with van der Waals surface area (Å²) in [5.74, 6) is 0.519. The summed E-state index contributed by atoms with van der Waals surface area (Å²) in [4.78, 5) is 14.6. The first kappa shape index (κ1) is 14.8. The standard InChI is InChI=1S/C16H21N5OS/c22-15-9-13-3-1-2-4-14(13)19-21(15)10-12-5-7-20(8-6-12)16-18-17-11-23-16/h9,11-12H,1-8,10H2. The van der Waals surface area contributed by atoms with Crippen molar-refractivity contribution in [2.75, 3.05) is 18.0 Å². The molecule has 23 heavy (non-hydrogen) atoms. The van der Waals surface area contributed by atoms with Gasteiger partial charge in [-0.25, -0.2) is 4.68 Å². The van der Waals surface area contributed by atoms with E-state index in [-0.39, 0.29) is 5.56 Å². The number of piperidine rings is 1. The monoisotopic (exact) mass is 331 g/mol. The minimum Gasteiger partial charge on any atom is -0.347 e. The van der Waals surface area contributed by atoms with Crippen molar-refractivity contribution >= 4 is 16.5 Å². The Morgan fingerprint density at radius 3 is 2.83 bits per heavy atom. The van der Waals surface area contributed by atoms with Gasteiger partial charge in [0.15, 0.2) is 0 Å². The molecule has 1 aliphatic heterocycles. The maximum absolute atomic E-state index is 12.3. The van der Waals surface area contributed by atoms with Crippen molar-refractivity contribution in [1.29, 1.82) is 0 Å². The second kappa shape index (κ2) is 6.39. The maximum atomic E-state index is 12.3. The maximum Gasteiger partial charge on any atom is 0.267 e. The van der Waals surface area contributed by atoms with E-state index in [4.69, 9.17) is 0 Å². The van der Waals surface area contributed by atoms with Crippen molar-refractivity contribution in [3.63, 3.8) is 0 Å². The first-order valence-electron chi connectivity index (χ1n) is 8.40. The van der Waals surface area contributed by atoms with E-state index in [1.807, 2.05) is 6.07 Å². The van der Waals surface area contributed by atoms with Crippen molar-refractivity contribution in [2.45, 2.75) is 45.1 Å². The van der Waals surface area contributed by atoms with E-state index < -0.39 is 0 Å². The van der Waals surface area contributed by atoms with Crippen LogP contribution >= 0.6 is 11.3 Å². The fourth-order valence-corrected chi connectivity index (χ4v) is 4.20. The molecule has 6 nitrogen and oxygen atoms in total. The summed E-state index contributed by atoms with van der Waals surface area (Å²) < 4.78 is 1.70. The van der Waals surface area contributed by atoms with Gasteiger partial charge in [0.2, 0.25) is 5.13 Å². The fraction of sp³-hybridized carbons (Fsp3) is 0.625. The minimum atomic E-state index is 0.0669. The van der Waals surface area contributed by atoms with E-state index in [0.29, 0.717) is 5.92 Å². The Hall–Kier alpha value is -1.76. The Morgan fingerprint density at radius 1 is 1.22 bits per heavy atom. The molecule has 0 N–H and O–H groups in total. The molecule has 122 valence electrons. The van der Waals surface area contributed by atoms with Crippen molar-refractivity contribution in [2.24, 2.45) is 5.92 Å². The lowest BCUT2D eigenvalue weighted by atomic mass is 9.96. The molecule has 1 fully saturated rings. The normalized spacial score (nSPS) is 18.9. The van der Waals surface area contributed by atoms with Crippen LogP contribution in [-0.4, -0.2) is 33.1 Å². The zero-order valence-electron chi connectivity index (χ0n) is 13.1. The predicted octanol–water partition coefficient (Wildman–Crippen LogP) is 1.89. The number of nitrogens with zero attached hydrogens (tertiary/aromatic N) is 5. The molecule has 0 radical (unpaired) electrons. The van der Waals surface area contributed by atoms with Gasteiger partial charge in [-0.3, -0.25) is 4.79 Å². The molecular weight excluding hydrogens is 310 g/mol. The summed E-state index contributed by atoms with van der Waals surface area (Å²) in [5.41, 5.74) is 4.15. The molecule has 7 heteroatoms. The molecule has 0 bridgehead atoms. The number of aromatic nitrogens is 4. The van der Waals surface area contributed by atoms with E-state index in [1.165, 1.54) is 18.4 Å². The predicted molar refractivity (Wildman–Crippen MR) is 90.0 cm³/mol. The highest BCUT2D eigenvalue weighted by Crippen LogP contribution is 2.25. The quantitative estimate of drug-likeness (QED) is 0.859. The average Bonchev–Trinajstić information content (AvgIpc) is 3.11. The second-order valence-electron chi connectivity index (χ2n) is 6.50. The van der Waals surface area contributed by atoms with Crippen LogP contribution in [0.3, 0.4) is 0 Å². The van der Waals surface area contributed by atoms with Gasteiger partial charge < -0.3 is 4.90 Å². The number of fused-ring (bicyclic) bond motifs is 1. The van der Waals surface area contributed by atoms with Crippen molar-refractivity contribution in [3.05, 3.63) is 33.2 Å². The summed E-state index contributed by atoms with van der Waals surface area (Å²) in [6.07, 6.45) is 6.56. The van der Waals surface area contributed by atoms with Gasteiger partial charge in [-0.2, -0.15) is 5.10 Å². The van der Waals surface area contributed by atoms with Crippen LogP contribution in [0.1, 0.15) is 36.9 Å². The van der Waals surface area contributed by atoms with Crippen LogP contribution in [0.4, 0.5) is 5.13 Å². The van der Waals surface area contributed by atoms with Crippen LogP contribution in [0.2, 0.25) is 0 Å². The zero-order chi connectivity index (χ0) is 15.6. The molecule has 2 aromatic rings. The third kappa shape index (κ3) is 3.15. The largest absolute Gasteiger partial charge is 0.347 e. The lowest BCUT2D eigenvalue weighted by Gasteiger charge is -2.31. The zero-order valence-corrected chi connectivity index (χ0v) is 14.0. The third-order valence-corrected chi connectivity index (χ3v) is 5.69. The summed E-state index contributed by atoms with van der Waals surface area (Å²) in [5, 5.41) is 13.7. The molecule has 2 aliphatic rings. The van der Waals surface area contributed by atoms with Crippen LogP contribution in [0.5, 0.6) is 0 Å². The molecule has 4 rings (SSSR count). The van der Waals surface area contributed by atoms with Gasteiger partial charge in [0.25, 0.3) is 5.56 Å². The molecule has 1 saturated heterocycles. The first-order chi connectivity index (χ1) is 11.3. The summed E-state index contributed by atoms with van der Waals surface area (Å²) in [6, 6.07) is 1.82. The second-order valence-corrected chi connectivity index (χ2v) is 7.31. The lowest BCUT2D eigenvalue weighted by Crippen LogP contribution is -2.37. The number of rotatable bonds is 3. The molecule has 2 aromatic heterocycles. The van der Waals surface area contributed by atoms with E-state index in [9.17, 15) is 4.79 Å². The van der Waals surface area contributed by atoms with Gasteiger partial charge in [-0.15, -0.1) is 10.2 Å². The Morgan fingerprint density at radius 2 is 2.04 bits per heavy atom. The van der Waals surface area contributed by atoms with Gasteiger partial charge in [0.1, 0.15) is 5.51 Å². The molecular formula is C16H21N5OS. The molecule has 0 unspecified atom stereocenters. The topological polar surface area (TPSA) is 63.9 Å². The molecule has 0 atom stereocenters. The smallest absolute Gasteiger partial charge is 0.267 e. The van der Waals surface area contributed by atoms with Gasteiger partial charge in [0.05, 0.1) is 5.69 Å². The Labute approximate surface area is 139 Å². The van der Waals surface area contributed by atoms with E-state index in [2.05, 4.69) is 20.2 Å². The molecule has 0 saturated carbocycles. The van der Waals surface area contributed by atoms with E-state index >= 15 is 0 Å². The third-order valence-electron chi connectivity index (χ3n) is 4.94. The summed E-state index contributed by atoms with van der Waals surface area (Å²) in [7, 11) is 0. The molecule has 0 spiro atoms. The lowest BCUT2D eigenvalue weighted by molar-refractivity contribution is 0.332. The van der Waals surface area contributed by atoms with E-state index in [0.717, 1.165) is 56.1 Å². The number of hydrogen-bond donors (Lipinski definition) is 0. The summed E-state index contributed by atoms with van der Waals surface area (Å²) >= 11 is 1.59. The van der Waals surface area contributed by atoms with Crippen LogP contribution in [-0.2, 0) is 19.4 Å². The molecule has 1 aliphatic carbocycles. The van der Waals surface area contributed by atoms with Crippen molar-refractivity contribution in [1.82, 2.24) is 20.0 Å². The van der Waals surface area contributed by atoms with Gasteiger partial charge in [-0.1, -0.05) is 11.3 Å². The number of aryl methyl sites for hydroxylation is 2. The number of hydrogen-bond acceptors (Lipinski definition) is 6. The number of anilines is 1. The van der Waals surface area contributed by atoms with Crippen LogP contribution in [0, 0.1) is 5.92 Å². The van der Waals surface area contributed by atoms with E-state index in [1.54, 1.807) is 21.5 Å². The SMILES string of the molecule is O=c1cc2c(nn1CC1CCN(c3nncs3)CC1)CCCC2. The Kier molecular flexibility index (Phi) is 4.11. The highest BCUT2D eigenvalue weighted by molar-refractivity contribution is 7.13. The van der Waals surface area contributed by atoms with Gasteiger partial charge in [0, 0.05) is 25.7 Å². The fourth-order valence-electron chi connectivity index (χ4n) is 3.59. The van der Waals surface area contributed by atoms with Crippen LogP contribution in [0.25, 0.3) is 0 Å². The van der Waals surface area contributed by atoms with Crippen LogP contribution < -0.4 is 10.5 Å². The highest BCUT2D eigenvalue weighted by Gasteiger charge is 2.22. The Balaban J connectivity index is 1.42. The average molecular weight is 331 g/mol. The molecule has 0 amide bonds. The molecule has 0 aromatic carbocycles. The Bertz CT molecular complexity index is 719. The van der Waals surface area contributed by atoms with Crippen molar-refractivity contribution < 1.29 is 0 Å². The van der Waals surface area contributed by atoms with Crippen LogP contribution in [0.15, 0.2) is 16.4 Å². The minimum absolute atomic E-state index is 0.0669. The first-order valence-corrected chi connectivity index (χ1v) is 9.28. The van der Waals surface area contributed by atoms with Gasteiger partial charge in [-0.05, 0) is 50.0 Å². The highest BCUT2D eigenvalue weighted by atomic mass is 32.1.